The van der Waals surface area contributed by atoms with E-state index < -0.39 is 0 Å². The molecule has 1 fully saturated rings. The average Bonchev–Trinajstić information content (AvgIpc) is 2.79. The van der Waals surface area contributed by atoms with Gasteiger partial charge in [0, 0.05) is 18.8 Å². The van der Waals surface area contributed by atoms with Crippen LogP contribution in [0.2, 0.25) is 0 Å². The summed E-state index contributed by atoms with van der Waals surface area (Å²) in [6.07, 6.45) is 0.317. The van der Waals surface area contributed by atoms with Crippen molar-refractivity contribution in [3.05, 3.63) is 47.5 Å². The van der Waals surface area contributed by atoms with Crippen LogP contribution in [-0.2, 0) is 16.0 Å². The molecule has 0 radical (unpaired) electrons. The summed E-state index contributed by atoms with van der Waals surface area (Å²) >= 11 is 0. The van der Waals surface area contributed by atoms with Crippen molar-refractivity contribution in [2.75, 3.05) is 52.9 Å². The highest BCUT2D eigenvalue weighted by Gasteiger charge is 2.21. The Labute approximate surface area is 175 Å². The third-order valence-corrected chi connectivity index (χ3v) is 4.88. The van der Waals surface area contributed by atoms with Gasteiger partial charge in [-0.3, -0.25) is 9.59 Å². The summed E-state index contributed by atoms with van der Waals surface area (Å²) in [6.45, 7) is 2.41. The van der Waals surface area contributed by atoms with Crippen LogP contribution < -0.4 is 19.5 Å². The maximum Gasteiger partial charge on any atom is 0.259 e. The second-order valence-corrected chi connectivity index (χ2v) is 6.70. The van der Waals surface area contributed by atoms with E-state index in [0.29, 0.717) is 61.2 Å². The Hall–Kier alpha value is -3.26. The third kappa shape index (κ3) is 4.83. The smallest absolute Gasteiger partial charge is 0.259 e. The van der Waals surface area contributed by atoms with Gasteiger partial charge in [-0.1, -0.05) is 12.1 Å². The Morgan fingerprint density at radius 1 is 0.933 bits per heavy atom. The van der Waals surface area contributed by atoms with Crippen molar-refractivity contribution in [2.45, 2.75) is 6.42 Å². The number of hydrogen-bond acceptors (Lipinski definition) is 6. The first-order valence-electron chi connectivity index (χ1n) is 9.62. The van der Waals surface area contributed by atoms with Crippen LogP contribution in [0.4, 0.5) is 5.69 Å². The maximum atomic E-state index is 12.8. The van der Waals surface area contributed by atoms with E-state index in [1.165, 1.54) is 21.3 Å². The molecule has 0 bridgehead atoms. The number of methoxy groups -OCH3 is 3. The van der Waals surface area contributed by atoms with Gasteiger partial charge in [-0.05, 0) is 29.8 Å². The van der Waals surface area contributed by atoms with E-state index >= 15 is 0 Å². The lowest BCUT2D eigenvalue weighted by atomic mass is 10.1. The quantitative estimate of drug-likeness (QED) is 0.749. The summed E-state index contributed by atoms with van der Waals surface area (Å²) in [7, 11) is 4.47. The van der Waals surface area contributed by atoms with Gasteiger partial charge in [0.25, 0.3) is 5.91 Å². The predicted molar refractivity (Wildman–Crippen MR) is 112 cm³/mol. The Morgan fingerprint density at radius 3 is 2.20 bits per heavy atom. The SMILES string of the molecule is COc1ccc(C(=O)Nc2ccc(CC(=O)N3CCOCC3)cc2)c(OC)c1OC. The number of carbonyl (C=O) groups excluding carboxylic acids is 2. The van der Waals surface area contributed by atoms with Crippen molar-refractivity contribution in [1.82, 2.24) is 4.90 Å². The van der Waals surface area contributed by atoms with Crippen molar-refractivity contribution in [3.63, 3.8) is 0 Å². The molecule has 30 heavy (non-hydrogen) atoms. The molecule has 0 aromatic heterocycles. The van der Waals surface area contributed by atoms with Crippen molar-refractivity contribution < 1.29 is 28.5 Å². The van der Waals surface area contributed by atoms with E-state index in [1.807, 2.05) is 17.0 Å². The molecule has 0 unspecified atom stereocenters. The fourth-order valence-electron chi connectivity index (χ4n) is 3.28. The molecule has 2 aromatic carbocycles. The first-order chi connectivity index (χ1) is 14.6. The Kier molecular flexibility index (Phi) is 7.13. The molecule has 160 valence electrons. The molecular formula is C22H26N2O6. The second kappa shape index (κ2) is 9.98. The Bertz CT molecular complexity index is 891. The number of nitrogens with one attached hydrogen (secondary N) is 1. The van der Waals surface area contributed by atoms with Crippen LogP contribution >= 0.6 is 0 Å². The van der Waals surface area contributed by atoms with Crippen LogP contribution in [0.25, 0.3) is 0 Å². The molecule has 0 atom stereocenters. The Balaban J connectivity index is 1.68. The fourth-order valence-corrected chi connectivity index (χ4v) is 3.28. The van der Waals surface area contributed by atoms with Gasteiger partial charge in [-0.25, -0.2) is 0 Å². The minimum absolute atomic E-state index is 0.0742. The molecule has 1 saturated heterocycles. The molecule has 1 N–H and O–H groups in total. The lowest BCUT2D eigenvalue weighted by Crippen LogP contribution is -2.41. The lowest BCUT2D eigenvalue weighted by molar-refractivity contribution is -0.134. The Morgan fingerprint density at radius 2 is 1.60 bits per heavy atom. The zero-order chi connectivity index (χ0) is 21.5. The minimum atomic E-state index is -0.343. The van der Waals surface area contributed by atoms with Gasteiger partial charge in [0.15, 0.2) is 11.5 Å². The topological polar surface area (TPSA) is 86.3 Å². The van der Waals surface area contributed by atoms with E-state index in [0.717, 1.165) is 5.56 Å². The second-order valence-electron chi connectivity index (χ2n) is 6.70. The number of rotatable bonds is 7. The summed E-state index contributed by atoms with van der Waals surface area (Å²) in [5.41, 5.74) is 1.81. The zero-order valence-electron chi connectivity index (χ0n) is 17.4. The molecule has 2 amide bonds. The highest BCUT2D eigenvalue weighted by Crippen LogP contribution is 2.39. The summed E-state index contributed by atoms with van der Waals surface area (Å²) in [5, 5.41) is 2.84. The van der Waals surface area contributed by atoms with E-state index in [2.05, 4.69) is 5.32 Å². The predicted octanol–water partition coefficient (Wildman–Crippen LogP) is 2.37. The van der Waals surface area contributed by atoms with Crippen LogP contribution in [0.3, 0.4) is 0 Å². The molecule has 1 aliphatic rings. The molecule has 0 aliphatic carbocycles. The van der Waals surface area contributed by atoms with Crippen LogP contribution in [0.5, 0.6) is 17.2 Å². The van der Waals surface area contributed by atoms with Gasteiger partial charge in [-0.2, -0.15) is 0 Å². The van der Waals surface area contributed by atoms with E-state index in [1.54, 1.807) is 24.3 Å². The maximum absolute atomic E-state index is 12.8. The van der Waals surface area contributed by atoms with E-state index in [-0.39, 0.29) is 11.8 Å². The number of morpholine rings is 1. The average molecular weight is 414 g/mol. The van der Waals surface area contributed by atoms with Gasteiger partial charge < -0.3 is 29.2 Å². The van der Waals surface area contributed by atoms with Gasteiger partial charge in [-0.15, -0.1) is 0 Å². The molecule has 0 spiro atoms. The number of ether oxygens (including phenoxy) is 4. The summed E-state index contributed by atoms with van der Waals surface area (Å²) in [4.78, 5) is 26.9. The zero-order valence-corrected chi connectivity index (χ0v) is 17.4. The van der Waals surface area contributed by atoms with Gasteiger partial charge >= 0.3 is 0 Å². The van der Waals surface area contributed by atoms with Crippen LogP contribution in [-0.4, -0.2) is 64.3 Å². The third-order valence-electron chi connectivity index (χ3n) is 4.88. The summed E-state index contributed by atoms with van der Waals surface area (Å²) < 4.78 is 21.2. The van der Waals surface area contributed by atoms with Crippen LogP contribution in [0.15, 0.2) is 36.4 Å². The molecule has 2 aromatic rings. The normalized spacial score (nSPS) is 13.5. The van der Waals surface area contributed by atoms with Crippen molar-refractivity contribution in [1.29, 1.82) is 0 Å². The fraction of sp³-hybridized carbons (Fsp3) is 0.364. The standard InChI is InChI=1S/C22H26N2O6/c1-27-18-9-8-17(20(28-2)21(18)29-3)22(26)23-16-6-4-15(5-7-16)14-19(25)24-10-12-30-13-11-24/h4-9H,10-14H2,1-3H3,(H,23,26). The number of carbonyl (C=O) groups is 2. The van der Waals surface area contributed by atoms with Crippen molar-refractivity contribution in [3.8, 4) is 17.2 Å². The molecule has 8 nitrogen and oxygen atoms in total. The lowest BCUT2D eigenvalue weighted by Gasteiger charge is -2.26. The van der Waals surface area contributed by atoms with Crippen molar-refractivity contribution in [2.24, 2.45) is 0 Å². The van der Waals surface area contributed by atoms with Gasteiger partial charge in [0.05, 0.1) is 46.5 Å². The number of anilines is 1. The summed E-state index contributed by atoms with van der Waals surface area (Å²) in [6, 6.07) is 10.5. The van der Waals surface area contributed by atoms with E-state index in [9.17, 15) is 9.59 Å². The number of hydrogen-bond donors (Lipinski definition) is 1. The molecule has 1 heterocycles. The highest BCUT2D eigenvalue weighted by molar-refractivity contribution is 6.07. The van der Waals surface area contributed by atoms with Gasteiger partial charge in [0.1, 0.15) is 0 Å². The minimum Gasteiger partial charge on any atom is -0.493 e. The van der Waals surface area contributed by atoms with Gasteiger partial charge in [0.2, 0.25) is 11.7 Å². The summed E-state index contributed by atoms with van der Waals surface area (Å²) in [5.74, 6) is 0.849. The molecule has 8 heteroatoms. The highest BCUT2D eigenvalue weighted by atomic mass is 16.5. The van der Waals surface area contributed by atoms with Crippen LogP contribution in [0.1, 0.15) is 15.9 Å². The number of benzene rings is 2. The van der Waals surface area contributed by atoms with E-state index in [4.69, 9.17) is 18.9 Å². The number of nitrogens with zero attached hydrogens (tertiary/aromatic N) is 1. The molecule has 1 aliphatic heterocycles. The van der Waals surface area contributed by atoms with Crippen molar-refractivity contribution >= 4 is 17.5 Å². The number of amides is 2. The largest absolute Gasteiger partial charge is 0.493 e. The first-order valence-corrected chi connectivity index (χ1v) is 9.62. The molecular weight excluding hydrogens is 388 g/mol. The van der Waals surface area contributed by atoms with Crippen LogP contribution in [0, 0.1) is 0 Å². The molecule has 3 rings (SSSR count). The first kappa shape index (κ1) is 21.4. The molecule has 0 saturated carbocycles. The monoisotopic (exact) mass is 414 g/mol.